The minimum atomic E-state index is -0.159. The van der Waals surface area contributed by atoms with E-state index in [0.29, 0.717) is 18.8 Å². The maximum Gasteiger partial charge on any atom is 0.274 e. The van der Waals surface area contributed by atoms with Crippen LogP contribution in [0.2, 0.25) is 0 Å². The number of carbonyl (C=O) groups is 2. The summed E-state index contributed by atoms with van der Waals surface area (Å²) in [7, 11) is 0. The fourth-order valence-electron chi connectivity index (χ4n) is 3.51. The highest BCUT2D eigenvalue weighted by Crippen LogP contribution is 2.21. The highest BCUT2D eigenvalue weighted by Gasteiger charge is 2.39. The first-order valence-electron chi connectivity index (χ1n) is 9.16. The van der Waals surface area contributed by atoms with Gasteiger partial charge in [0.05, 0.1) is 12.1 Å². The zero-order chi connectivity index (χ0) is 18.6. The quantitative estimate of drug-likeness (QED) is 0.773. The van der Waals surface area contributed by atoms with Crippen molar-refractivity contribution < 1.29 is 9.59 Å². The fraction of sp³-hybridized carbons (Fsp3) is 0.421. The molecule has 4 heterocycles. The number of likely N-dealkylation sites (tertiary alicyclic amines) is 1. The number of pyridine rings is 1. The average Bonchev–Trinajstić information content (AvgIpc) is 2.69. The average molecular weight is 366 g/mol. The van der Waals surface area contributed by atoms with Crippen molar-refractivity contribution in [2.45, 2.75) is 6.54 Å². The lowest BCUT2D eigenvalue weighted by molar-refractivity contribution is -0.141. The first-order chi connectivity index (χ1) is 13.2. The fourth-order valence-corrected chi connectivity index (χ4v) is 3.51. The topological polar surface area (TPSA) is 82.5 Å². The first-order valence-corrected chi connectivity index (χ1v) is 9.16. The summed E-state index contributed by atoms with van der Waals surface area (Å²) in [4.78, 5) is 43.0. The van der Waals surface area contributed by atoms with Gasteiger partial charge in [0.15, 0.2) is 0 Å². The SMILES string of the molecule is O=C(c1cnccn1)N1CC(C(=O)N2CCN(Cc3cccnc3)CC2)C1. The number of piperazine rings is 1. The van der Waals surface area contributed by atoms with E-state index in [1.807, 2.05) is 17.2 Å². The molecule has 0 bridgehead atoms. The Bertz CT molecular complexity index is 786. The number of amides is 2. The molecule has 2 aliphatic rings. The van der Waals surface area contributed by atoms with E-state index in [1.54, 1.807) is 11.1 Å². The van der Waals surface area contributed by atoms with Crippen molar-refractivity contribution in [2.24, 2.45) is 5.92 Å². The van der Waals surface area contributed by atoms with Gasteiger partial charge in [-0.3, -0.25) is 24.5 Å². The van der Waals surface area contributed by atoms with Crippen LogP contribution in [0.15, 0.2) is 43.1 Å². The van der Waals surface area contributed by atoms with Crippen molar-refractivity contribution in [1.29, 1.82) is 0 Å². The summed E-state index contributed by atoms with van der Waals surface area (Å²) < 4.78 is 0. The summed E-state index contributed by atoms with van der Waals surface area (Å²) in [6, 6.07) is 4.02. The van der Waals surface area contributed by atoms with Crippen molar-refractivity contribution in [3.05, 3.63) is 54.4 Å². The number of hydrogen-bond acceptors (Lipinski definition) is 6. The van der Waals surface area contributed by atoms with Gasteiger partial charge in [0.1, 0.15) is 5.69 Å². The van der Waals surface area contributed by atoms with Crippen molar-refractivity contribution in [1.82, 2.24) is 29.7 Å². The lowest BCUT2D eigenvalue weighted by atomic mass is 9.97. The molecular formula is C19H22N6O2. The van der Waals surface area contributed by atoms with Gasteiger partial charge in [0, 0.05) is 70.6 Å². The highest BCUT2D eigenvalue weighted by molar-refractivity contribution is 5.94. The van der Waals surface area contributed by atoms with E-state index in [-0.39, 0.29) is 17.7 Å². The van der Waals surface area contributed by atoms with Crippen LogP contribution in [0.4, 0.5) is 0 Å². The third kappa shape index (κ3) is 3.95. The first kappa shape index (κ1) is 17.5. The maximum atomic E-state index is 12.7. The third-order valence-corrected chi connectivity index (χ3v) is 5.11. The van der Waals surface area contributed by atoms with Crippen LogP contribution in [-0.2, 0) is 11.3 Å². The Balaban J connectivity index is 1.23. The Morgan fingerprint density at radius 2 is 1.74 bits per heavy atom. The molecule has 0 atom stereocenters. The molecule has 140 valence electrons. The predicted molar refractivity (Wildman–Crippen MR) is 97.5 cm³/mol. The Hall–Kier alpha value is -2.87. The third-order valence-electron chi connectivity index (χ3n) is 5.11. The summed E-state index contributed by atoms with van der Waals surface area (Å²) >= 11 is 0. The molecule has 2 aliphatic heterocycles. The number of hydrogen-bond donors (Lipinski definition) is 0. The van der Waals surface area contributed by atoms with Gasteiger partial charge in [-0.25, -0.2) is 4.98 Å². The molecule has 0 N–H and O–H groups in total. The van der Waals surface area contributed by atoms with Crippen molar-refractivity contribution >= 4 is 11.8 Å². The standard InChI is InChI=1S/C19H22N6O2/c26-18(16-13-25(14-16)19(27)17-11-21-4-5-22-17)24-8-6-23(7-9-24)12-15-2-1-3-20-10-15/h1-5,10-11,16H,6-9,12-14H2. The van der Waals surface area contributed by atoms with Gasteiger partial charge < -0.3 is 9.80 Å². The van der Waals surface area contributed by atoms with Gasteiger partial charge in [-0.15, -0.1) is 0 Å². The maximum absolute atomic E-state index is 12.7. The van der Waals surface area contributed by atoms with E-state index in [2.05, 4.69) is 25.9 Å². The zero-order valence-corrected chi connectivity index (χ0v) is 15.1. The normalized spacial score (nSPS) is 18.2. The Morgan fingerprint density at radius 3 is 2.41 bits per heavy atom. The van der Waals surface area contributed by atoms with Gasteiger partial charge in [0.25, 0.3) is 5.91 Å². The largest absolute Gasteiger partial charge is 0.340 e. The second kappa shape index (κ2) is 7.79. The van der Waals surface area contributed by atoms with E-state index >= 15 is 0 Å². The second-order valence-corrected chi connectivity index (χ2v) is 6.96. The van der Waals surface area contributed by atoms with Crippen LogP contribution in [0.5, 0.6) is 0 Å². The van der Waals surface area contributed by atoms with Crippen LogP contribution in [-0.4, -0.2) is 80.7 Å². The molecule has 0 aliphatic carbocycles. The van der Waals surface area contributed by atoms with E-state index in [9.17, 15) is 9.59 Å². The molecule has 4 rings (SSSR count). The molecule has 8 heteroatoms. The molecule has 0 saturated carbocycles. The van der Waals surface area contributed by atoms with Gasteiger partial charge >= 0.3 is 0 Å². The molecule has 0 unspecified atom stereocenters. The van der Waals surface area contributed by atoms with Crippen LogP contribution in [0.3, 0.4) is 0 Å². The van der Waals surface area contributed by atoms with Crippen LogP contribution in [0.25, 0.3) is 0 Å². The molecule has 27 heavy (non-hydrogen) atoms. The smallest absolute Gasteiger partial charge is 0.274 e. The van der Waals surface area contributed by atoms with Crippen LogP contribution in [0.1, 0.15) is 16.1 Å². The lowest BCUT2D eigenvalue weighted by Crippen LogP contribution is -2.59. The van der Waals surface area contributed by atoms with E-state index in [0.717, 1.165) is 32.7 Å². The molecule has 0 spiro atoms. The van der Waals surface area contributed by atoms with E-state index in [1.165, 1.54) is 24.2 Å². The molecule has 2 saturated heterocycles. The van der Waals surface area contributed by atoms with Crippen molar-refractivity contribution in [3.63, 3.8) is 0 Å². The summed E-state index contributed by atoms with van der Waals surface area (Å²) in [6.07, 6.45) is 8.15. The minimum Gasteiger partial charge on any atom is -0.340 e. The van der Waals surface area contributed by atoms with Crippen molar-refractivity contribution in [2.75, 3.05) is 39.3 Å². The Labute approximate surface area is 157 Å². The van der Waals surface area contributed by atoms with E-state index in [4.69, 9.17) is 0 Å². The number of aromatic nitrogens is 3. The number of carbonyl (C=O) groups excluding carboxylic acids is 2. The number of rotatable bonds is 4. The molecular weight excluding hydrogens is 344 g/mol. The Morgan fingerprint density at radius 1 is 0.963 bits per heavy atom. The summed E-state index contributed by atoms with van der Waals surface area (Å²) in [6.45, 7) is 4.96. The zero-order valence-electron chi connectivity index (χ0n) is 15.1. The minimum absolute atomic E-state index is 0.101. The number of nitrogens with zero attached hydrogens (tertiary/aromatic N) is 6. The van der Waals surface area contributed by atoms with E-state index < -0.39 is 0 Å². The molecule has 0 radical (unpaired) electrons. The second-order valence-electron chi connectivity index (χ2n) is 6.96. The molecule has 0 aromatic carbocycles. The summed E-state index contributed by atoms with van der Waals surface area (Å²) in [5.41, 5.74) is 1.52. The molecule has 8 nitrogen and oxygen atoms in total. The van der Waals surface area contributed by atoms with Crippen LogP contribution in [0, 0.1) is 5.92 Å². The monoisotopic (exact) mass is 366 g/mol. The van der Waals surface area contributed by atoms with Gasteiger partial charge in [-0.1, -0.05) is 6.07 Å². The van der Waals surface area contributed by atoms with Gasteiger partial charge in [0.2, 0.25) is 5.91 Å². The molecule has 2 aromatic rings. The van der Waals surface area contributed by atoms with Crippen molar-refractivity contribution in [3.8, 4) is 0 Å². The molecule has 2 amide bonds. The summed E-state index contributed by atoms with van der Waals surface area (Å²) in [5, 5.41) is 0. The Kier molecular flexibility index (Phi) is 5.06. The van der Waals surface area contributed by atoms with Gasteiger partial charge in [-0.05, 0) is 11.6 Å². The van der Waals surface area contributed by atoms with Gasteiger partial charge in [-0.2, -0.15) is 0 Å². The van der Waals surface area contributed by atoms with Crippen LogP contribution >= 0.6 is 0 Å². The molecule has 2 fully saturated rings. The summed E-state index contributed by atoms with van der Waals surface area (Å²) in [5.74, 6) is -0.108. The lowest BCUT2D eigenvalue weighted by Gasteiger charge is -2.42. The highest BCUT2D eigenvalue weighted by atomic mass is 16.2. The predicted octanol–water partition coefficient (Wildman–Crippen LogP) is 0.288. The molecule has 2 aromatic heterocycles. The van der Waals surface area contributed by atoms with Crippen LogP contribution < -0.4 is 0 Å².